The maximum Gasteiger partial charge on any atom is 0.118 e. The number of rotatable bonds is 6. The van der Waals surface area contributed by atoms with Crippen molar-refractivity contribution in [3.8, 4) is 0 Å². The Balaban J connectivity index is 2.76. The highest BCUT2D eigenvalue weighted by atomic mass is 33.1. The second kappa shape index (κ2) is 7.92. The van der Waals surface area contributed by atoms with Gasteiger partial charge in [0.05, 0.1) is 26.2 Å². The summed E-state index contributed by atoms with van der Waals surface area (Å²) in [4.78, 5) is 0. The second-order valence-corrected chi connectivity index (χ2v) is 10.5. The molecule has 104 valence electrons. The molecule has 1 saturated heterocycles. The van der Waals surface area contributed by atoms with E-state index in [-0.39, 0.29) is 15.1 Å². The molecule has 0 saturated carbocycles. The SMILES string of the molecule is C=CCSS[C@H]1[C@H](C)[C@H](C)[C@H](S(=O)/C=C/C)S1=O. The minimum atomic E-state index is -1.13. The minimum Gasteiger partial charge on any atom is -0.257 e. The van der Waals surface area contributed by atoms with Gasteiger partial charge in [-0.15, -0.1) is 6.58 Å². The number of hydrogen-bond acceptors (Lipinski definition) is 4. The number of allylic oxidation sites excluding steroid dienone is 1. The van der Waals surface area contributed by atoms with E-state index in [0.29, 0.717) is 5.92 Å². The van der Waals surface area contributed by atoms with Crippen LogP contribution in [0.5, 0.6) is 0 Å². The van der Waals surface area contributed by atoms with E-state index in [1.54, 1.807) is 33.1 Å². The fraction of sp³-hybridized carbons (Fsp3) is 0.667. The molecular formula is C12H20O2S4. The van der Waals surface area contributed by atoms with E-state index >= 15 is 0 Å². The summed E-state index contributed by atoms with van der Waals surface area (Å²) in [5, 5.41) is 1.66. The zero-order chi connectivity index (χ0) is 13.7. The molecule has 1 rings (SSSR count). The Morgan fingerprint density at radius 3 is 2.61 bits per heavy atom. The summed E-state index contributed by atoms with van der Waals surface area (Å²) in [5.74, 6) is 1.40. The summed E-state index contributed by atoms with van der Waals surface area (Å²) in [6.07, 6.45) is 3.62. The molecule has 2 unspecified atom stereocenters. The van der Waals surface area contributed by atoms with Crippen LogP contribution in [0.4, 0.5) is 0 Å². The topological polar surface area (TPSA) is 34.1 Å². The third-order valence-corrected chi connectivity index (χ3v) is 11.1. The highest BCUT2D eigenvalue weighted by Crippen LogP contribution is 2.45. The van der Waals surface area contributed by atoms with Gasteiger partial charge in [0, 0.05) is 5.75 Å². The fourth-order valence-corrected chi connectivity index (χ4v) is 10.1. The molecule has 0 spiro atoms. The lowest BCUT2D eigenvalue weighted by Gasteiger charge is -2.15. The highest BCUT2D eigenvalue weighted by Gasteiger charge is 2.47. The Morgan fingerprint density at radius 1 is 1.39 bits per heavy atom. The first-order valence-electron chi connectivity index (χ1n) is 5.85. The van der Waals surface area contributed by atoms with Crippen molar-refractivity contribution < 1.29 is 8.42 Å². The standard InChI is InChI=1S/C12H20O2S4/c1-5-7-15-16-11-9(3)10(4)12(18(11)14)17(13)8-6-2/h5-6,8-12H,1,7H2,2-4H3/b8-6+/t9-,10+,11-,12-,17?,18?/m1/s1. The van der Waals surface area contributed by atoms with Gasteiger partial charge in [0.1, 0.15) is 4.58 Å². The molecule has 0 aliphatic carbocycles. The van der Waals surface area contributed by atoms with E-state index in [2.05, 4.69) is 20.4 Å². The maximum absolute atomic E-state index is 12.5. The predicted molar refractivity (Wildman–Crippen MR) is 87.2 cm³/mol. The Kier molecular flexibility index (Phi) is 7.28. The third-order valence-electron chi connectivity index (χ3n) is 2.99. The molecule has 0 aromatic carbocycles. The molecule has 6 atom stereocenters. The van der Waals surface area contributed by atoms with Crippen LogP contribution in [0, 0.1) is 11.8 Å². The van der Waals surface area contributed by atoms with Crippen LogP contribution in [-0.4, -0.2) is 23.3 Å². The molecule has 1 aliphatic rings. The molecule has 18 heavy (non-hydrogen) atoms. The van der Waals surface area contributed by atoms with Crippen molar-refractivity contribution in [3.05, 3.63) is 24.1 Å². The summed E-state index contributed by atoms with van der Waals surface area (Å²) in [6.45, 7) is 9.70. The molecule has 0 bridgehead atoms. The maximum atomic E-state index is 12.5. The molecule has 0 aromatic rings. The van der Waals surface area contributed by atoms with E-state index in [1.165, 1.54) is 0 Å². The molecule has 0 N–H and O–H groups in total. The normalized spacial score (nSPS) is 38.1. The van der Waals surface area contributed by atoms with Crippen LogP contribution >= 0.6 is 21.6 Å². The smallest absolute Gasteiger partial charge is 0.118 e. The van der Waals surface area contributed by atoms with Gasteiger partial charge in [0.25, 0.3) is 0 Å². The Labute approximate surface area is 123 Å². The van der Waals surface area contributed by atoms with Gasteiger partial charge in [-0.05, 0) is 24.2 Å². The van der Waals surface area contributed by atoms with E-state index in [1.807, 2.05) is 13.0 Å². The molecule has 1 aliphatic heterocycles. The summed E-state index contributed by atoms with van der Waals surface area (Å²) in [6, 6.07) is 0. The van der Waals surface area contributed by atoms with Crippen LogP contribution in [0.3, 0.4) is 0 Å². The lowest BCUT2D eigenvalue weighted by Crippen LogP contribution is -2.22. The van der Waals surface area contributed by atoms with Gasteiger partial charge >= 0.3 is 0 Å². The third kappa shape index (κ3) is 3.74. The van der Waals surface area contributed by atoms with Crippen molar-refractivity contribution in [1.82, 2.24) is 0 Å². The van der Waals surface area contributed by atoms with Gasteiger partial charge in [0.2, 0.25) is 0 Å². The molecule has 2 nitrogen and oxygen atoms in total. The summed E-state index contributed by atoms with van der Waals surface area (Å²) in [5.41, 5.74) is 0. The van der Waals surface area contributed by atoms with Crippen LogP contribution < -0.4 is 0 Å². The van der Waals surface area contributed by atoms with Gasteiger partial charge in [0.15, 0.2) is 0 Å². The van der Waals surface area contributed by atoms with Crippen molar-refractivity contribution >= 4 is 43.2 Å². The summed E-state index contributed by atoms with van der Waals surface area (Å²) >= 11 is 0. The van der Waals surface area contributed by atoms with Crippen molar-refractivity contribution in [2.24, 2.45) is 11.8 Å². The largest absolute Gasteiger partial charge is 0.257 e. The molecule has 0 amide bonds. The molecule has 0 aromatic heterocycles. The van der Waals surface area contributed by atoms with Crippen molar-refractivity contribution in [2.75, 3.05) is 5.75 Å². The Bertz CT molecular complexity index is 367. The van der Waals surface area contributed by atoms with Gasteiger partial charge in [-0.1, -0.05) is 47.6 Å². The highest BCUT2D eigenvalue weighted by molar-refractivity contribution is 8.78. The first-order chi connectivity index (χ1) is 8.54. The average molecular weight is 325 g/mol. The van der Waals surface area contributed by atoms with E-state index in [0.717, 1.165) is 5.75 Å². The summed E-state index contributed by atoms with van der Waals surface area (Å²) < 4.78 is 24.4. The van der Waals surface area contributed by atoms with Crippen molar-refractivity contribution in [1.29, 1.82) is 0 Å². The van der Waals surface area contributed by atoms with Crippen LogP contribution in [-0.2, 0) is 21.6 Å². The van der Waals surface area contributed by atoms with Gasteiger partial charge < -0.3 is 0 Å². The average Bonchev–Trinajstić information content (AvgIpc) is 2.53. The van der Waals surface area contributed by atoms with Crippen LogP contribution in [0.1, 0.15) is 20.8 Å². The first kappa shape index (κ1) is 16.5. The van der Waals surface area contributed by atoms with Crippen LogP contribution in [0.25, 0.3) is 0 Å². The minimum absolute atomic E-state index is 0.0733. The van der Waals surface area contributed by atoms with Crippen molar-refractivity contribution in [2.45, 2.75) is 29.9 Å². The zero-order valence-corrected chi connectivity index (χ0v) is 14.2. The fourth-order valence-electron chi connectivity index (χ4n) is 1.85. The van der Waals surface area contributed by atoms with E-state index in [4.69, 9.17) is 0 Å². The van der Waals surface area contributed by atoms with Gasteiger partial charge in [-0.3, -0.25) is 8.42 Å². The lowest BCUT2D eigenvalue weighted by molar-refractivity contribution is 0.466. The van der Waals surface area contributed by atoms with Gasteiger partial charge in [-0.25, -0.2) is 0 Å². The lowest BCUT2D eigenvalue weighted by atomic mass is 10.0. The first-order valence-corrected chi connectivity index (χ1v) is 10.8. The molecule has 6 heteroatoms. The molecule has 1 heterocycles. The van der Waals surface area contributed by atoms with Crippen LogP contribution in [0.2, 0.25) is 0 Å². The molecule has 1 fully saturated rings. The van der Waals surface area contributed by atoms with Crippen molar-refractivity contribution in [3.63, 3.8) is 0 Å². The number of hydrogen-bond donors (Lipinski definition) is 0. The van der Waals surface area contributed by atoms with Gasteiger partial charge in [-0.2, -0.15) is 0 Å². The zero-order valence-electron chi connectivity index (χ0n) is 10.9. The molecular weight excluding hydrogens is 304 g/mol. The second-order valence-electron chi connectivity index (χ2n) is 4.25. The Hall–Kier alpha value is 0.480. The summed E-state index contributed by atoms with van der Waals surface area (Å²) in [7, 11) is 1.17. The monoisotopic (exact) mass is 324 g/mol. The van der Waals surface area contributed by atoms with E-state index in [9.17, 15) is 8.42 Å². The van der Waals surface area contributed by atoms with Crippen LogP contribution in [0.15, 0.2) is 24.1 Å². The molecule has 0 radical (unpaired) electrons. The quantitative estimate of drug-likeness (QED) is 0.425. The Morgan fingerprint density at radius 2 is 2.06 bits per heavy atom. The predicted octanol–water partition coefficient (Wildman–Crippen LogP) is 3.52. The van der Waals surface area contributed by atoms with E-state index < -0.39 is 21.6 Å².